The van der Waals surface area contributed by atoms with Gasteiger partial charge in [0.1, 0.15) is 11.6 Å². The summed E-state index contributed by atoms with van der Waals surface area (Å²) in [7, 11) is 0. The van der Waals surface area contributed by atoms with Crippen LogP contribution in [0.2, 0.25) is 5.02 Å². The standard InChI is InChI=1S/C20H16ClFN4O4/c21-15-11-13(5-8-16(15)22)25-19(27)17(23)10-12-3-6-14(7-4-12)30-20-18(26(28)29)2-1-9-24-20/h1-9,11,17H,10,23H2,(H,25,27). The maximum absolute atomic E-state index is 13.2. The van der Waals surface area contributed by atoms with Crippen LogP contribution in [-0.2, 0) is 11.2 Å². The molecule has 1 amide bonds. The molecule has 1 aromatic heterocycles. The topological polar surface area (TPSA) is 120 Å². The summed E-state index contributed by atoms with van der Waals surface area (Å²) in [5.74, 6) is -0.816. The van der Waals surface area contributed by atoms with Crippen LogP contribution in [0.5, 0.6) is 11.6 Å². The van der Waals surface area contributed by atoms with Crippen molar-refractivity contribution >= 4 is 28.9 Å². The minimum atomic E-state index is -0.863. The number of hydrogen-bond acceptors (Lipinski definition) is 6. The van der Waals surface area contributed by atoms with Gasteiger partial charge in [-0.3, -0.25) is 14.9 Å². The Bertz CT molecular complexity index is 1080. The molecule has 0 aliphatic heterocycles. The Labute approximate surface area is 175 Å². The SMILES string of the molecule is NC(Cc1ccc(Oc2ncccc2[N+](=O)[O-])cc1)C(=O)Nc1ccc(F)c(Cl)c1. The molecule has 0 aliphatic rings. The number of halogens is 2. The summed E-state index contributed by atoms with van der Waals surface area (Å²) in [6.07, 6.45) is 1.62. The predicted octanol–water partition coefficient (Wildman–Crippen LogP) is 4.08. The van der Waals surface area contributed by atoms with E-state index in [9.17, 15) is 19.3 Å². The molecule has 1 atom stereocenters. The third-order valence-electron chi connectivity index (χ3n) is 4.07. The van der Waals surface area contributed by atoms with Crippen LogP contribution in [0.15, 0.2) is 60.8 Å². The number of nitro groups is 1. The first-order chi connectivity index (χ1) is 14.3. The van der Waals surface area contributed by atoms with Gasteiger partial charge in [0, 0.05) is 18.0 Å². The van der Waals surface area contributed by atoms with Crippen molar-refractivity contribution in [3.8, 4) is 11.6 Å². The zero-order chi connectivity index (χ0) is 21.7. The van der Waals surface area contributed by atoms with Crippen molar-refractivity contribution in [3.05, 3.63) is 87.3 Å². The average Bonchev–Trinajstić information content (AvgIpc) is 2.72. The van der Waals surface area contributed by atoms with E-state index in [4.69, 9.17) is 22.1 Å². The molecule has 1 unspecified atom stereocenters. The van der Waals surface area contributed by atoms with Crippen LogP contribution < -0.4 is 15.8 Å². The summed E-state index contributed by atoms with van der Waals surface area (Å²) in [5, 5.41) is 13.5. The molecule has 0 fully saturated rings. The first kappa shape index (κ1) is 21.2. The van der Waals surface area contributed by atoms with Crippen LogP contribution in [0.3, 0.4) is 0 Å². The molecule has 3 aromatic rings. The molecule has 2 aromatic carbocycles. The van der Waals surface area contributed by atoms with E-state index in [1.807, 2.05) is 0 Å². The Balaban J connectivity index is 1.61. The first-order valence-electron chi connectivity index (χ1n) is 8.71. The molecular formula is C20H16ClFN4O4. The zero-order valence-corrected chi connectivity index (χ0v) is 16.2. The number of nitrogens with zero attached hydrogens (tertiary/aromatic N) is 2. The third-order valence-corrected chi connectivity index (χ3v) is 4.35. The lowest BCUT2D eigenvalue weighted by atomic mass is 10.1. The van der Waals surface area contributed by atoms with Crippen molar-refractivity contribution in [1.82, 2.24) is 4.98 Å². The Kier molecular flexibility index (Phi) is 6.55. The second-order valence-corrected chi connectivity index (χ2v) is 6.67. The number of nitrogens with two attached hydrogens (primary N) is 1. The number of benzene rings is 2. The van der Waals surface area contributed by atoms with E-state index in [1.165, 1.54) is 30.5 Å². The Morgan fingerprint density at radius 3 is 2.67 bits per heavy atom. The van der Waals surface area contributed by atoms with Gasteiger partial charge in [0.15, 0.2) is 0 Å². The Morgan fingerprint density at radius 1 is 1.27 bits per heavy atom. The van der Waals surface area contributed by atoms with Gasteiger partial charge in [-0.1, -0.05) is 23.7 Å². The quantitative estimate of drug-likeness (QED) is 0.430. The number of anilines is 1. The Hall–Kier alpha value is -3.56. The van der Waals surface area contributed by atoms with Gasteiger partial charge in [-0.05, 0) is 48.4 Å². The van der Waals surface area contributed by atoms with Gasteiger partial charge < -0.3 is 15.8 Å². The van der Waals surface area contributed by atoms with E-state index in [-0.39, 0.29) is 23.0 Å². The number of carbonyl (C=O) groups is 1. The fraction of sp³-hybridized carbons (Fsp3) is 0.100. The minimum absolute atomic E-state index is 0.106. The lowest BCUT2D eigenvalue weighted by molar-refractivity contribution is -0.386. The van der Waals surface area contributed by atoms with Crippen molar-refractivity contribution in [1.29, 1.82) is 0 Å². The molecule has 0 radical (unpaired) electrons. The lowest BCUT2D eigenvalue weighted by Gasteiger charge is -2.13. The van der Waals surface area contributed by atoms with E-state index >= 15 is 0 Å². The first-order valence-corrected chi connectivity index (χ1v) is 9.09. The van der Waals surface area contributed by atoms with Crippen molar-refractivity contribution in [2.75, 3.05) is 5.32 Å². The molecule has 0 saturated carbocycles. The monoisotopic (exact) mass is 430 g/mol. The number of nitrogens with one attached hydrogen (secondary N) is 1. The van der Waals surface area contributed by atoms with Crippen LogP contribution in [0.4, 0.5) is 15.8 Å². The second-order valence-electron chi connectivity index (χ2n) is 6.26. The number of amides is 1. The summed E-state index contributed by atoms with van der Waals surface area (Å²) >= 11 is 5.70. The summed E-state index contributed by atoms with van der Waals surface area (Å²) in [4.78, 5) is 26.6. The average molecular weight is 431 g/mol. The number of hydrogen-bond donors (Lipinski definition) is 2. The van der Waals surface area contributed by atoms with Crippen molar-refractivity contribution in [3.63, 3.8) is 0 Å². The fourth-order valence-electron chi connectivity index (χ4n) is 2.56. The smallest absolute Gasteiger partial charge is 0.331 e. The highest BCUT2D eigenvalue weighted by Gasteiger charge is 2.17. The second kappa shape index (κ2) is 9.29. The largest absolute Gasteiger partial charge is 0.434 e. The predicted molar refractivity (Wildman–Crippen MR) is 109 cm³/mol. The van der Waals surface area contributed by atoms with Gasteiger partial charge in [0.2, 0.25) is 5.91 Å². The van der Waals surface area contributed by atoms with Crippen molar-refractivity contribution in [2.45, 2.75) is 12.5 Å². The molecule has 3 rings (SSSR count). The van der Waals surface area contributed by atoms with Gasteiger partial charge in [0.25, 0.3) is 5.88 Å². The van der Waals surface area contributed by atoms with Gasteiger partial charge >= 0.3 is 5.69 Å². The fourth-order valence-corrected chi connectivity index (χ4v) is 2.74. The van der Waals surface area contributed by atoms with E-state index in [0.717, 1.165) is 11.6 Å². The normalized spacial score (nSPS) is 11.6. The van der Waals surface area contributed by atoms with Gasteiger partial charge in [-0.2, -0.15) is 0 Å². The molecule has 8 nitrogen and oxygen atoms in total. The van der Waals surface area contributed by atoms with Crippen LogP contribution in [0.1, 0.15) is 5.56 Å². The number of carbonyl (C=O) groups excluding carboxylic acids is 1. The summed E-state index contributed by atoms with van der Waals surface area (Å²) in [6, 6.07) is 12.3. The van der Waals surface area contributed by atoms with Crippen LogP contribution in [0.25, 0.3) is 0 Å². The van der Waals surface area contributed by atoms with Crippen molar-refractivity contribution < 1.29 is 18.8 Å². The molecule has 0 aliphatic carbocycles. The summed E-state index contributed by atoms with van der Waals surface area (Å²) < 4.78 is 18.7. The molecular weight excluding hydrogens is 415 g/mol. The molecule has 1 heterocycles. The number of rotatable bonds is 7. The molecule has 154 valence electrons. The third kappa shape index (κ3) is 5.28. The van der Waals surface area contributed by atoms with Gasteiger partial charge in [-0.15, -0.1) is 0 Å². The van der Waals surface area contributed by atoms with E-state index < -0.39 is 22.7 Å². The highest BCUT2D eigenvalue weighted by atomic mass is 35.5. The highest BCUT2D eigenvalue weighted by molar-refractivity contribution is 6.31. The van der Waals surface area contributed by atoms with Crippen LogP contribution >= 0.6 is 11.6 Å². The van der Waals surface area contributed by atoms with Gasteiger partial charge in [0.05, 0.1) is 16.0 Å². The Morgan fingerprint density at radius 2 is 2.00 bits per heavy atom. The highest BCUT2D eigenvalue weighted by Crippen LogP contribution is 2.28. The van der Waals surface area contributed by atoms with Gasteiger partial charge in [-0.25, -0.2) is 9.37 Å². The number of pyridine rings is 1. The maximum Gasteiger partial charge on any atom is 0.331 e. The van der Waals surface area contributed by atoms with Crippen LogP contribution in [-0.4, -0.2) is 21.9 Å². The molecule has 3 N–H and O–H groups in total. The molecule has 0 saturated heterocycles. The maximum atomic E-state index is 13.2. The zero-order valence-electron chi connectivity index (χ0n) is 15.4. The van der Waals surface area contributed by atoms with Crippen molar-refractivity contribution in [2.24, 2.45) is 5.73 Å². The van der Waals surface area contributed by atoms with E-state index in [2.05, 4.69) is 10.3 Å². The van der Waals surface area contributed by atoms with E-state index in [1.54, 1.807) is 24.3 Å². The lowest BCUT2D eigenvalue weighted by Crippen LogP contribution is -2.37. The molecule has 10 heteroatoms. The molecule has 0 spiro atoms. The number of ether oxygens (including phenoxy) is 1. The van der Waals surface area contributed by atoms with Crippen LogP contribution in [0, 0.1) is 15.9 Å². The minimum Gasteiger partial charge on any atom is -0.434 e. The van der Waals surface area contributed by atoms with E-state index in [0.29, 0.717) is 11.4 Å². The summed E-state index contributed by atoms with van der Waals surface area (Å²) in [6.45, 7) is 0. The molecule has 30 heavy (non-hydrogen) atoms. The number of aromatic nitrogens is 1. The summed E-state index contributed by atoms with van der Waals surface area (Å²) in [5.41, 5.74) is 6.78. The molecule has 0 bridgehead atoms.